The van der Waals surface area contributed by atoms with Gasteiger partial charge in [0.1, 0.15) is 0 Å². The van der Waals surface area contributed by atoms with E-state index in [4.69, 9.17) is 9.16 Å². The van der Waals surface area contributed by atoms with Crippen LogP contribution in [0.15, 0.2) is 60.7 Å². The van der Waals surface area contributed by atoms with E-state index in [1.165, 1.54) is 10.4 Å². The molecule has 2 fully saturated rings. The van der Waals surface area contributed by atoms with E-state index < -0.39 is 14.4 Å². The van der Waals surface area contributed by atoms with Crippen LogP contribution in [-0.2, 0) is 9.16 Å². The molecule has 1 unspecified atom stereocenters. The normalized spacial score (nSPS) is 30.4. The highest BCUT2D eigenvalue weighted by molar-refractivity contribution is 6.99. The molecule has 1 aliphatic carbocycles. The first-order valence-electron chi connectivity index (χ1n) is 10.5. The number of aliphatic hydroxyl groups excluding tert-OH is 1. The lowest BCUT2D eigenvalue weighted by molar-refractivity contribution is -0.0217. The summed E-state index contributed by atoms with van der Waals surface area (Å²) in [4.78, 5) is 0. The van der Waals surface area contributed by atoms with Crippen molar-refractivity contribution in [3.8, 4) is 0 Å². The van der Waals surface area contributed by atoms with Crippen molar-refractivity contribution in [1.82, 2.24) is 0 Å². The maximum absolute atomic E-state index is 10.6. The van der Waals surface area contributed by atoms with Crippen molar-refractivity contribution in [1.29, 1.82) is 0 Å². The fourth-order valence-corrected chi connectivity index (χ4v) is 10.0. The van der Waals surface area contributed by atoms with Crippen LogP contribution in [0.25, 0.3) is 0 Å². The largest absolute Gasteiger partial charge is 0.404 e. The van der Waals surface area contributed by atoms with E-state index in [2.05, 4.69) is 88.4 Å². The summed E-state index contributed by atoms with van der Waals surface area (Å²) in [6.07, 6.45) is 1.32. The topological polar surface area (TPSA) is 38.7 Å². The first-order chi connectivity index (χ1) is 13.3. The fourth-order valence-electron chi connectivity index (χ4n) is 5.28. The molecule has 1 saturated carbocycles. The SMILES string of the molecule is CC1C[C@@H]2[C@H](O1)[C@H](O)C[C@H]2O[Si](c1ccccc1)(c1ccccc1)C(C)(C)C. The molecular weight excluding hydrogens is 364 g/mol. The third kappa shape index (κ3) is 3.26. The molecule has 3 nitrogen and oxygen atoms in total. The standard InChI is InChI=1S/C24H32O3Si/c1-17-15-20-22(16-21(25)23(20)26-17)27-28(24(2,3)4,18-11-7-5-8-12-18)19-13-9-6-10-14-19/h5-14,17,20-23,25H,15-16H2,1-4H3/t17?,20-,21+,22+,23-/m0/s1. The van der Waals surface area contributed by atoms with Crippen LogP contribution >= 0.6 is 0 Å². The molecule has 1 aliphatic heterocycles. The van der Waals surface area contributed by atoms with Crippen molar-refractivity contribution in [3.05, 3.63) is 60.7 Å². The molecule has 5 atom stereocenters. The molecular formula is C24H32O3Si. The Hall–Kier alpha value is -1.46. The fraction of sp³-hybridized carbons (Fsp3) is 0.500. The lowest BCUT2D eigenvalue weighted by atomic mass is 10.0. The Kier molecular flexibility index (Phi) is 5.25. The Labute approximate surface area is 169 Å². The molecule has 2 aromatic rings. The van der Waals surface area contributed by atoms with E-state index in [0.29, 0.717) is 6.42 Å². The van der Waals surface area contributed by atoms with Crippen LogP contribution in [0.2, 0.25) is 5.04 Å². The smallest absolute Gasteiger partial charge is 0.261 e. The Morgan fingerprint density at radius 2 is 1.46 bits per heavy atom. The molecule has 150 valence electrons. The van der Waals surface area contributed by atoms with Gasteiger partial charge < -0.3 is 14.3 Å². The maximum Gasteiger partial charge on any atom is 0.261 e. The molecule has 0 bridgehead atoms. The van der Waals surface area contributed by atoms with Crippen molar-refractivity contribution in [2.24, 2.45) is 5.92 Å². The summed E-state index contributed by atoms with van der Waals surface area (Å²) < 4.78 is 13.3. The molecule has 2 aromatic carbocycles. The van der Waals surface area contributed by atoms with E-state index >= 15 is 0 Å². The average molecular weight is 397 g/mol. The molecule has 0 amide bonds. The summed E-state index contributed by atoms with van der Waals surface area (Å²) >= 11 is 0. The zero-order valence-electron chi connectivity index (χ0n) is 17.3. The zero-order valence-corrected chi connectivity index (χ0v) is 18.3. The van der Waals surface area contributed by atoms with Crippen LogP contribution in [0, 0.1) is 5.92 Å². The predicted octanol–water partition coefficient (Wildman–Crippen LogP) is 3.49. The number of hydrogen-bond donors (Lipinski definition) is 1. The van der Waals surface area contributed by atoms with Crippen LogP contribution in [0.5, 0.6) is 0 Å². The van der Waals surface area contributed by atoms with Gasteiger partial charge in [0.25, 0.3) is 8.32 Å². The molecule has 1 heterocycles. The lowest BCUT2D eigenvalue weighted by Gasteiger charge is -2.45. The third-order valence-electron chi connectivity index (χ3n) is 6.49. The van der Waals surface area contributed by atoms with E-state index in [-0.39, 0.29) is 29.3 Å². The van der Waals surface area contributed by atoms with Gasteiger partial charge in [0.15, 0.2) is 0 Å². The molecule has 4 heteroatoms. The van der Waals surface area contributed by atoms with E-state index in [9.17, 15) is 5.11 Å². The van der Waals surface area contributed by atoms with Crippen LogP contribution in [0.3, 0.4) is 0 Å². The maximum atomic E-state index is 10.6. The Bertz CT molecular complexity index is 747. The summed E-state index contributed by atoms with van der Waals surface area (Å²) in [5, 5.41) is 13.2. The van der Waals surface area contributed by atoms with Crippen molar-refractivity contribution in [2.45, 2.75) is 70.0 Å². The summed E-state index contributed by atoms with van der Waals surface area (Å²) in [6.45, 7) is 9.01. The van der Waals surface area contributed by atoms with Gasteiger partial charge in [-0.2, -0.15) is 0 Å². The van der Waals surface area contributed by atoms with Gasteiger partial charge in [-0.05, 0) is 28.8 Å². The van der Waals surface area contributed by atoms with Gasteiger partial charge in [0.05, 0.1) is 24.4 Å². The first-order valence-corrected chi connectivity index (χ1v) is 12.4. The van der Waals surface area contributed by atoms with E-state index in [1.54, 1.807) is 0 Å². The summed E-state index contributed by atoms with van der Waals surface area (Å²) in [5.74, 6) is 0.270. The highest BCUT2D eigenvalue weighted by atomic mass is 28.4. The molecule has 1 saturated heterocycles. The molecule has 0 aromatic heterocycles. The predicted molar refractivity (Wildman–Crippen MR) is 116 cm³/mol. The minimum atomic E-state index is -2.59. The number of hydrogen-bond acceptors (Lipinski definition) is 3. The van der Waals surface area contributed by atoms with Crippen molar-refractivity contribution in [2.75, 3.05) is 0 Å². The highest BCUT2D eigenvalue weighted by Gasteiger charge is 2.56. The van der Waals surface area contributed by atoms with Gasteiger partial charge in [-0.1, -0.05) is 81.4 Å². The number of ether oxygens (including phenoxy) is 1. The Morgan fingerprint density at radius 1 is 0.929 bits per heavy atom. The summed E-state index contributed by atoms with van der Waals surface area (Å²) in [6, 6.07) is 21.5. The van der Waals surface area contributed by atoms with Crippen LogP contribution in [-0.4, -0.2) is 37.8 Å². The molecule has 28 heavy (non-hydrogen) atoms. The van der Waals surface area contributed by atoms with Crippen molar-refractivity contribution < 1.29 is 14.3 Å². The van der Waals surface area contributed by atoms with E-state index in [1.807, 2.05) is 0 Å². The van der Waals surface area contributed by atoms with Gasteiger partial charge in [-0.25, -0.2) is 0 Å². The quantitative estimate of drug-likeness (QED) is 0.804. The first kappa shape index (κ1) is 19.8. The van der Waals surface area contributed by atoms with Gasteiger partial charge in [0.2, 0.25) is 0 Å². The van der Waals surface area contributed by atoms with Crippen molar-refractivity contribution in [3.63, 3.8) is 0 Å². The zero-order chi connectivity index (χ0) is 19.9. The van der Waals surface area contributed by atoms with Gasteiger partial charge in [0, 0.05) is 12.3 Å². The van der Waals surface area contributed by atoms with E-state index in [0.717, 1.165) is 6.42 Å². The second-order valence-corrected chi connectivity index (χ2v) is 13.7. The van der Waals surface area contributed by atoms with Crippen LogP contribution < -0.4 is 10.4 Å². The highest BCUT2D eigenvalue weighted by Crippen LogP contribution is 2.45. The number of fused-ring (bicyclic) bond motifs is 1. The molecule has 1 N–H and O–H groups in total. The second-order valence-electron chi connectivity index (χ2n) is 9.43. The second kappa shape index (κ2) is 7.41. The number of benzene rings is 2. The number of rotatable bonds is 4. The number of aliphatic hydroxyl groups is 1. The third-order valence-corrected chi connectivity index (χ3v) is 11.6. The van der Waals surface area contributed by atoms with Gasteiger partial charge in [-0.3, -0.25) is 0 Å². The van der Waals surface area contributed by atoms with Gasteiger partial charge in [-0.15, -0.1) is 0 Å². The van der Waals surface area contributed by atoms with Crippen LogP contribution in [0.4, 0.5) is 0 Å². The Morgan fingerprint density at radius 3 is 1.96 bits per heavy atom. The minimum absolute atomic E-state index is 0.0243. The molecule has 0 spiro atoms. The summed E-state index contributed by atoms with van der Waals surface area (Å²) in [7, 11) is -2.59. The van der Waals surface area contributed by atoms with Crippen molar-refractivity contribution >= 4 is 18.7 Å². The Balaban J connectivity index is 1.82. The average Bonchev–Trinajstić information content (AvgIpc) is 3.19. The summed E-state index contributed by atoms with van der Waals surface area (Å²) in [5.41, 5.74) is 0. The van der Waals surface area contributed by atoms with Crippen LogP contribution in [0.1, 0.15) is 40.5 Å². The lowest BCUT2D eigenvalue weighted by Crippen LogP contribution is -2.68. The molecule has 0 radical (unpaired) electrons. The minimum Gasteiger partial charge on any atom is -0.404 e. The monoisotopic (exact) mass is 396 g/mol. The molecule has 4 rings (SSSR count). The molecule has 2 aliphatic rings. The van der Waals surface area contributed by atoms with Gasteiger partial charge >= 0.3 is 0 Å².